The van der Waals surface area contributed by atoms with E-state index in [0.717, 1.165) is 32.2 Å². The van der Waals surface area contributed by atoms with E-state index in [1.54, 1.807) is 0 Å². The Morgan fingerprint density at radius 2 is 2.20 bits per heavy atom. The molecular weight excluding hydrogens is 250 g/mol. The number of carbonyl (C=O) groups is 1. The number of carbonyl (C=O) groups excluding carboxylic acids is 1. The summed E-state index contributed by atoms with van der Waals surface area (Å²) in [4.78, 5) is 14.5. The monoisotopic (exact) mass is 275 g/mol. The molecule has 0 saturated heterocycles. The number of anilines is 1. The number of esters is 1. The van der Waals surface area contributed by atoms with Crippen LogP contribution in [-0.4, -0.2) is 25.2 Å². The Morgan fingerprint density at radius 3 is 2.90 bits per heavy atom. The van der Waals surface area contributed by atoms with Crippen molar-refractivity contribution in [2.75, 3.05) is 18.1 Å². The molecule has 20 heavy (non-hydrogen) atoms. The Morgan fingerprint density at radius 1 is 1.40 bits per heavy atom. The number of rotatable bonds is 5. The number of nitrogens with zero attached hydrogens (tertiary/aromatic N) is 1. The van der Waals surface area contributed by atoms with E-state index in [2.05, 4.69) is 36.9 Å². The first-order valence-corrected chi connectivity index (χ1v) is 7.70. The van der Waals surface area contributed by atoms with Gasteiger partial charge in [-0.25, -0.2) is 4.79 Å². The molecule has 0 fully saturated rings. The molecule has 1 unspecified atom stereocenters. The molecule has 1 aliphatic rings. The van der Waals surface area contributed by atoms with E-state index < -0.39 is 0 Å². The average Bonchev–Trinajstić information content (AvgIpc) is 2.44. The van der Waals surface area contributed by atoms with Crippen molar-refractivity contribution in [2.45, 2.75) is 52.5 Å². The summed E-state index contributed by atoms with van der Waals surface area (Å²) < 4.78 is 5.27. The summed E-state index contributed by atoms with van der Waals surface area (Å²) in [7, 11) is 0. The lowest BCUT2D eigenvalue weighted by Crippen LogP contribution is -2.45. The van der Waals surface area contributed by atoms with Crippen molar-refractivity contribution in [1.82, 2.24) is 0 Å². The zero-order valence-corrected chi connectivity index (χ0v) is 12.8. The standard InChI is InChI=1S/C17H25NO2/c1-4-7-16(17(19)20-5-2)18-11-6-8-14-12-13(3)9-10-15(14)18/h9-10,12,16H,4-8,11H2,1-3H3. The normalized spacial score (nSPS) is 15.7. The second-order valence-corrected chi connectivity index (χ2v) is 5.49. The first-order chi connectivity index (χ1) is 9.67. The fraction of sp³-hybridized carbons (Fsp3) is 0.588. The molecule has 0 amide bonds. The van der Waals surface area contributed by atoms with Gasteiger partial charge in [0.25, 0.3) is 0 Å². The molecule has 0 radical (unpaired) electrons. The van der Waals surface area contributed by atoms with E-state index in [1.165, 1.54) is 16.8 Å². The van der Waals surface area contributed by atoms with Crippen molar-refractivity contribution in [3.63, 3.8) is 0 Å². The Hall–Kier alpha value is -1.51. The molecule has 1 aromatic carbocycles. The van der Waals surface area contributed by atoms with Crippen LogP contribution in [0.25, 0.3) is 0 Å². The molecule has 2 rings (SSSR count). The van der Waals surface area contributed by atoms with Crippen LogP contribution < -0.4 is 4.90 Å². The van der Waals surface area contributed by atoms with E-state index >= 15 is 0 Å². The Bertz CT molecular complexity index is 470. The maximum Gasteiger partial charge on any atom is 0.328 e. The van der Waals surface area contributed by atoms with Crippen molar-refractivity contribution in [3.05, 3.63) is 29.3 Å². The summed E-state index contributed by atoms with van der Waals surface area (Å²) >= 11 is 0. The fourth-order valence-electron chi connectivity index (χ4n) is 2.99. The molecule has 3 nitrogen and oxygen atoms in total. The Kier molecular flexibility index (Phi) is 5.05. The van der Waals surface area contributed by atoms with Gasteiger partial charge in [-0.2, -0.15) is 0 Å². The molecule has 1 heterocycles. The van der Waals surface area contributed by atoms with Crippen molar-refractivity contribution >= 4 is 11.7 Å². The van der Waals surface area contributed by atoms with E-state index in [-0.39, 0.29) is 12.0 Å². The van der Waals surface area contributed by atoms with E-state index in [4.69, 9.17) is 4.74 Å². The third kappa shape index (κ3) is 3.14. The molecule has 0 saturated carbocycles. The first kappa shape index (κ1) is 14.9. The summed E-state index contributed by atoms with van der Waals surface area (Å²) in [6.45, 7) is 7.50. The van der Waals surface area contributed by atoms with Gasteiger partial charge in [-0.3, -0.25) is 0 Å². The van der Waals surface area contributed by atoms with Gasteiger partial charge in [0.2, 0.25) is 0 Å². The highest BCUT2D eigenvalue weighted by atomic mass is 16.5. The Balaban J connectivity index is 2.29. The third-order valence-corrected chi connectivity index (χ3v) is 3.89. The molecular formula is C17H25NO2. The molecule has 0 N–H and O–H groups in total. The zero-order valence-electron chi connectivity index (χ0n) is 12.8. The van der Waals surface area contributed by atoms with Gasteiger partial charge in [0.15, 0.2) is 0 Å². The fourth-order valence-corrected chi connectivity index (χ4v) is 2.99. The van der Waals surface area contributed by atoms with Crippen molar-refractivity contribution in [3.8, 4) is 0 Å². The molecule has 0 aliphatic carbocycles. The zero-order chi connectivity index (χ0) is 14.5. The number of fused-ring (bicyclic) bond motifs is 1. The lowest BCUT2D eigenvalue weighted by Gasteiger charge is -2.36. The molecule has 1 atom stereocenters. The van der Waals surface area contributed by atoms with Crippen LogP contribution in [0.15, 0.2) is 18.2 Å². The van der Waals surface area contributed by atoms with Gasteiger partial charge in [-0.1, -0.05) is 31.0 Å². The second kappa shape index (κ2) is 6.78. The van der Waals surface area contributed by atoms with Crippen LogP contribution in [0, 0.1) is 6.92 Å². The van der Waals surface area contributed by atoms with Gasteiger partial charge in [-0.15, -0.1) is 0 Å². The van der Waals surface area contributed by atoms with Crippen molar-refractivity contribution < 1.29 is 9.53 Å². The lowest BCUT2D eigenvalue weighted by molar-refractivity contribution is -0.145. The van der Waals surface area contributed by atoms with Crippen LogP contribution in [0.3, 0.4) is 0 Å². The van der Waals surface area contributed by atoms with Crippen molar-refractivity contribution in [2.24, 2.45) is 0 Å². The molecule has 110 valence electrons. The topological polar surface area (TPSA) is 29.5 Å². The van der Waals surface area contributed by atoms with Gasteiger partial charge in [0.05, 0.1) is 6.61 Å². The lowest BCUT2D eigenvalue weighted by atomic mass is 9.97. The SMILES string of the molecule is CCCC(C(=O)OCC)N1CCCc2cc(C)ccc21. The first-order valence-electron chi connectivity index (χ1n) is 7.70. The van der Waals surface area contributed by atoms with Crippen LogP contribution in [0.5, 0.6) is 0 Å². The highest BCUT2D eigenvalue weighted by Crippen LogP contribution is 2.31. The Labute approximate surface area is 121 Å². The highest BCUT2D eigenvalue weighted by Gasteiger charge is 2.29. The molecule has 3 heteroatoms. The molecule has 0 spiro atoms. The van der Waals surface area contributed by atoms with Crippen LogP contribution in [0.4, 0.5) is 5.69 Å². The highest BCUT2D eigenvalue weighted by molar-refractivity contribution is 5.81. The number of benzene rings is 1. The molecule has 1 aliphatic heterocycles. The van der Waals surface area contributed by atoms with E-state index in [1.807, 2.05) is 6.92 Å². The van der Waals surface area contributed by atoms with Crippen LogP contribution in [0.2, 0.25) is 0 Å². The predicted molar refractivity (Wildman–Crippen MR) is 82.2 cm³/mol. The minimum absolute atomic E-state index is 0.0808. The minimum atomic E-state index is -0.137. The molecule has 1 aromatic rings. The predicted octanol–water partition coefficient (Wildman–Crippen LogP) is 3.48. The van der Waals surface area contributed by atoms with Crippen LogP contribution in [0.1, 0.15) is 44.2 Å². The summed E-state index contributed by atoms with van der Waals surface area (Å²) in [5, 5.41) is 0. The maximum atomic E-state index is 12.2. The molecule has 0 bridgehead atoms. The summed E-state index contributed by atoms with van der Waals surface area (Å²) in [6.07, 6.45) is 4.05. The summed E-state index contributed by atoms with van der Waals surface area (Å²) in [5.41, 5.74) is 3.86. The number of hydrogen-bond donors (Lipinski definition) is 0. The number of ether oxygens (including phenoxy) is 1. The van der Waals surface area contributed by atoms with E-state index in [0.29, 0.717) is 6.61 Å². The average molecular weight is 275 g/mol. The number of aryl methyl sites for hydroxylation is 2. The quantitative estimate of drug-likeness (QED) is 0.771. The van der Waals surface area contributed by atoms with Gasteiger partial charge in [0.1, 0.15) is 6.04 Å². The smallest absolute Gasteiger partial charge is 0.328 e. The summed E-state index contributed by atoms with van der Waals surface area (Å²) in [5.74, 6) is -0.0808. The minimum Gasteiger partial charge on any atom is -0.464 e. The van der Waals surface area contributed by atoms with Gasteiger partial charge >= 0.3 is 5.97 Å². The molecule has 0 aromatic heterocycles. The third-order valence-electron chi connectivity index (χ3n) is 3.89. The van der Waals surface area contributed by atoms with Crippen molar-refractivity contribution in [1.29, 1.82) is 0 Å². The van der Waals surface area contributed by atoms with Gasteiger partial charge in [-0.05, 0) is 44.7 Å². The van der Waals surface area contributed by atoms with E-state index in [9.17, 15) is 4.79 Å². The van der Waals surface area contributed by atoms with Crippen LogP contribution in [-0.2, 0) is 16.0 Å². The van der Waals surface area contributed by atoms with Gasteiger partial charge in [0, 0.05) is 12.2 Å². The maximum absolute atomic E-state index is 12.2. The summed E-state index contributed by atoms with van der Waals surface area (Å²) in [6, 6.07) is 6.40. The second-order valence-electron chi connectivity index (χ2n) is 5.49. The largest absolute Gasteiger partial charge is 0.464 e. The van der Waals surface area contributed by atoms with Crippen LogP contribution >= 0.6 is 0 Å². The van der Waals surface area contributed by atoms with Gasteiger partial charge < -0.3 is 9.64 Å². The number of hydrogen-bond acceptors (Lipinski definition) is 3.